The molecule has 2 aliphatic rings. The average Bonchev–Trinajstić information content (AvgIpc) is 2.70. The standard InChI is InChI=1S/C25H38O4S/c1-25(2,3)30(27,28)18-20-9-13-21(14-10-20)24(26)17-19-11-15-23(16-12-19)29-22-7-5-4-6-8-22/h11-12,15-16,20-22H,4-10,13-14,17-18H2,1-3H3. The van der Waals surface area contributed by atoms with E-state index >= 15 is 0 Å². The molecular weight excluding hydrogens is 396 g/mol. The highest BCUT2D eigenvalue weighted by atomic mass is 32.2. The lowest BCUT2D eigenvalue weighted by Gasteiger charge is -2.30. The molecule has 2 saturated carbocycles. The van der Waals surface area contributed by atoms with Gasteiger partial charge in [0, 0.05) is 12.3 Å². The van der Waals surface area contributed by atoms with Crippen LogP contribution in [0, 0.1) is 11.8 Å². The van der Waals surface area contributed by atoms with Gasteiger partial charge < -0.3 is 4.74 Å². The van der Waals surface area contributed by atoms with Gasteiger partial charge in [0.25, 0.3) is 0 Å². The second-order valence-electron chi connectivity index (χ2n) is 10.3. The number of ether oxygens (including phenoxy) is 1. The highest BCUT2D eigenvalue weighted by Gasteiger charge is 2.34. The van der Waals surface area contributed by atoms with E-state index in [0.717, 1.165) is 49.8 Å². The minimum absolute atomic E-state index is 0.0664. The minimum atomic E-state index is -3.10. The maximum Gasteiger partial charge on any atom is 0.155 e. The van der Waals surface area contributed by atoms with E-state index in [4.69, 9.17) is 4.74 Å². The van der Waals surface area contributed by atoms with Crippen molar-refractivity contribution < 1.29 is 17.9 Å². The highest BCUT2D eigenvalue weighted by Crippen LogP contribution is 2.33. The number of ketones is 1. The number of hydrogen-bond donors (Lipinski definition) is 0. The van der Waals surface area contributed by atoms with E-state index in [9.17, 15) is 13.2 Å². The molecule has 1 aromatic carbocycles. The lowest BCUT2D eigenvalue weighted by Crippen LogP contribution is -2.35. The van der Waals surface area contributed by atoms with Crippen molar-refractivity contribution in [2.45, 2.75) is 95.8 Å². The summed E-state index contributed by atoms with van der Waals surface area (Å²) in [5, 5.41) is 0. The van der Waals surface area contributed by atoms with Crippen molar-refractivity contribution in [3.8, 4) is 5.75 Å². The van der Waals surface area contributed by atoms with Crippen LogP contribution in [0.1, 0.15) is 84.1 Å². The summed E-state index contributed by atoms with van der Waals surface area (Å²) in [6.45, 7) is 5.30. The van der Waals surface area contributed by atoms with Gasteiger partial charge in [0.15, 0.2) is 9.84 Å². The summed E-state index contributed by atoms with van der Waals surface area (Å²) >= 11 is 0. The predicted octanol–water partition coefficient (Wildman–Crippen LogP) is 5.53. The van der Waals surface area contributed by atoms with E-state index in [1.165, 1.54) is 19.3 Å². The second-order valence-corrected chi connectivity index (χ2v) is 13.1. The first-order valence-corrected chi connectivity index (χ1v) is 13.3. The molecule has 0 amide bonds. The maximum absolute atomic E-state index is 12.8. The molecule has 3 rings (SSSR count). The molecule has 30 heavy (non-hydrogen) atoms. The Morgan fingerprint density at radius 3 is 2.10 bits per heavy atom. The zero-order chi connectivity index (χ0) is 21.8. The van der Waals surface area contributed by atoms with Gasteiger partial charge in [-0.2, -0.15) is 0 Å². The molecule has 5 heteroatoms. The Labute approximate surface area is 182 Å². The molecule has 0 aromatic heterocycles. The summed E-state index contributed by atoms with van der Waals surface area (Å²) in [4.78, 5) is 12.8. The minimum Gasteiger partial charge on any atom is -0.490 e. The Kier molecular flexibility index (Phi) is 7.65. The summed E-state index contributed by atoms with van der Waals surface area (Å²) in [7, 11) is -3.10. The summed E-state index contributed by atoms with van der Waals surface area (Å²) in [5.41, 5.74) is 1.04. The monoisotopic (exact) mass is 434 g/mol. The molecule has 0 radical (unpaired) electrons. The topological polar surface area (TPSA) is 60.4 Å². The van der Waals surface area contributed by atoms with Gasteiger partial charge in [0.1, 0.15) is 11.5 Å². The first kappa shape index (κ1) is 23.3. The van der Waals surface area contributed by atoms with Crippen molar-refractivity contribution >= 4 is 15.6 Å². The van der Waals surface area contributed by atoms with Crippen molar-refractivity contribution in [1.29, 1.82) is 0 Å². The predicted molar refractivity (Wildman–Crippen MR) is 122 cm³/mol. The fraction of sp³-hybridized carbons (Fsp3) is 0.720. The van der Waals surface area contributed by atoms with Crippen LogP contribution in [0.2, 0.25) is 0 Å². The van der Waals surface area contributed by atoms with Gasteiger partial charge in [-0.05, 0) is 95.8 Å². The van der Waals surface area contributed by atoms with Crippen LogP contribution in [-0.2, 0) is 21.1 Å². The summed E-state index contributed by atoms with van der Waals surface area (Å²) in [6.07, 6.45) is 10.2. The molecular formula is C25H38O4S. The Morgan fingerprint density at radius 1 is 0.933 bits per heavy atom. The van der Waals surface area contributed by atoms with Gasteiger partial charge in [-0.15, -0.1) is 0 Å². The highest BCUT2D eigenvalue weighted by molar-refractivity contribution is 7.92. The Morgan fingerprint density at radius 2 is 1.53 bits per heavy atom. The van der Waals surface area contributed by atoms with E-state index in [0.29, 0.717) is 12.5 Å². The van der Waals surface area contributed by atoms with Crippen molar-refractivity contribution in [3.63, 3.8) is 0 Å². The van der Waals surface area contributed by atoms with Crippen LogP contribution in [0.25, 0.3) is 0 Å². The number of carbonyl (C=O) groups excluding carboxylic acids is 1. The van der Waals surface area contributed by atoms with Crippen molar-refractivity contribution in [2.24, 2.45) is 11.8 Å². The van der Waals surface area contributed by atoms with E-state index in [1.54, 1.807) is 20.8 Å². The third-order valence-corrected chi connectivity index (χ3v) is 9.62. The van der Waals surface area contributed by atoms with Gasteiger partial charge in [0.2, 0.25) is 0 Å². The molecule has 0 bridgehead atoms. The number of benzene rings is 1. The first-order valence-electron chi connectivity index (χ1n) is 11.6. The number of Topliss-reactive ketones (excluding diaryl/α,β-unsaturated/α-hetero) is 1. The SMILES string of the molecule is CC(C)(C)S(=O)(=O)CC1CCC(C(=O)Cc2ccc(OC3CCCCC3)cc2)CC1. The zero-order valence-electron chi connectivity index (χ0n) is 18.9. The lowest BCUT2D eigenvalue weighted by atomic mass is 9.79. The first-order chi connectivity index (χ1) is 14.1. The van der Waals surface area contributed by atoms with Crippen LogP contribution in [0.4, 0.5) is 0 Å². The van der Waals surface area contributed by atoms with Crippen LogP contribution in [0.5, 0.6) is 5.75 Å². The van der Waals surface area contributed by atoms with Gasteiger partial charge in [-0.1, -0.05) is 18.6 Å². The lowest BCUT2D eigenvalue weighted by molar-refractivity contribution is -0.123. The number of sulfone groups is 1. The number of carbonyl (C=O) groups is 1. The van der Waals surface area contributed by atoms with Crippen LogP contribution in [0.15, 0.2) is 24.3 Å². The molecule has 2 fully saturated rings. The number of hydrogen-bond acceptors (Lipinski definition) is 4. The molecule has 2 aliphatic carbocycles. The summed E-state index contributed by atoms with van der Waals surface area (Å²) in [5.74, 6) is 1.69. The van der Waals surface area contributed by atoms with Crippen LogP contribution >= 0.6 is 0 Å². The summed E-state index contributed by atoms with van der Waals surface area (Å²) < 4.78 is 30.3. The fourth-order valence-corrected chi connectivity index (χ4v) is 6.07. The number of rotatable bonds is 7. The summed E-state index contributed by atoms with van der Waals surface area (Å²) in [6, 6.07) is 8.01. The van der Waals surface area contributed by atoms with E-state index in [1.807, 2.05) is 24.3 Å². The van der Waals surface area contributed by atoms with Crippen molar-refractivity contribution in [2.75, 3.05) is 5.75 Å². The Hall–Kier alpha value is -1.36. The van der Waals surface area contributed by atoms with E-state index in [-0.39, 0.29) is 23.4 Å². The Balaban J connectivity index is 1.45. The van der Waals surface area contributed by atoms with Crippen LogP contribution in [-0.4, -0.2) is 30.8 Å². The molecule has 1 aromatic rings. The smallest absolute Gasteiger partial charge is 0.155 e. The van der Waals surface area contributed by atoms with Gasteiger partial charge in [-0.25, -0.2) is 8.42 Å². The third-order valence-electron chi connectivity index (χ3n) is 6.85. The quantitative estimate of drug-likeness (QED) is 0.566. The largest absolute Gasteiger partial charge is 0.490 e. The molecule has 0 atom stereocenters. The maximum atomic E-state index is 12.8. The second kappa shape index (κ2) is 9.84. The van der Waals surface area contributed by atoms with Crippen LogP contribution < -0.4 is 4.74 Å². The van der Waals surface area contributed by atoms with E-state index < -0.39 is 14.6 Å². The van der Waals surface area contributed by atoms with Crippen molar-refractivity contribution in [3.05, 3.63) is 29.8 Å². The third kappa shape index (κ3) is 6.32. The Bertz CT molecular complexity index is 791. The molecule has 0 heterocycles. The molecule has 168 valence electrons. The van der Waals surface area contributed by atoms with Crippen molar-refractivity contribution in [1.82, 2.24) is 0 Å². The van der Waals surface area contributed by atoms with Gasteiger partial charge in [-0.3, -0.25) is 4.79 Å². The van der Waals surface area contributed by atoms with Crippen LogP contribution in [0.3, 0.4) is 0 Å². The van der Waals surface area contributed by atoms with E-state index in [2.05, 4.69) is 0 Å². The average molecular weight is 435 g/mol. The molecule has 4 nitrogen and oxygen atoms in total. The molecule has 0 saturated heterocycles. The molecule has 0 aliphatic heterocycles. The normalized spacial score (nSPS) is 23.8. The van der Waals surface area contributed by atoms with Gasteiger partial charge in [0.05, 0.1) is 16.6 Å². The zero-order valence-corrected chi connectivity index (χ0v) is 19.7. The molecule has 0 spiro atoms. The fourth-order valence-electron chi connectivity index (χ4n) is 4.62. The van der Waals surface area contributed by atoms with Gasteiger partial charge >= 0.3 is 0 Å². The molecule has 0 unspecified atom stereocenters. The molecule has 0 N–H and O–H groups in total.